The molecule has 5 aromatic heterocycles. The molecule has 0 aromatic carbocycles. The van der Waals surface area contributed by atoms with Crippen LogP contribution in [0.3, 0.4) is 0 Å². The number of nitrogens with zero attached hydrogens (tertiary/aromatic N) is 7. The van der Waals surface area contributed by atoms with E-state index >= 15 is 0 Å². The fraction of sp³-hybridized carbons (Fsp3) is 0.292. The first kappa shape index (κ1) is 20.1. The highest BCUT2D eigenvalue weighted by Crippen LogP contribution is 2.44. The fourth-order valence-corrected chi connectivity index (χ4v) is 4.83. The zero-order valence-electron chi connectivity index (χ0n) is 18.8. The number of carbonyl (C=O) groups is 1. The van der Waals surface area contributed by atoms with Crippen LogP contribution in [0.25, 0.3) is 17.0 Å². The predicted octanol–water partition coefficient (Wildman–Crippen LogP) is 3.25. The molecular weight excluding hydrogens is 451 g/mol. The monoisotopic (exact) mass is 472 g/mol. The molecule has 0 unspecified atom stereocenters. The summed E-state index contributed by atoms with van der Waals surface area (Å²) in [6, 6.07) is 4.07. The van der Waals surface area contributed by atoms with E-state index in [1.54, 1.807) is 40.4 Å². The van der Waals surface area contributed by atoms with Crippen molar-refractivity contribution < 1.29 is 13.6 Å². The number of pyridine rings is 1. The number of H-pyrrole nitrogens is 1. The van der Waals surface area contributed by atoms with Crippen molar-refractivity contribution in [1.29, 1.82) is 0 Å². The smallest absolute Gasteiger partial charge is 0.292 e. The average Bonchev–Trinajstić information content (AvgIpc) is 3.26. The van der Waals surface area contributed by atoms with Gasteiger partial charge in [-0.15, -0.1) is 0 Å². The minimum atomic E-state index is -0.587. The molecule has 1 aliphatic carbocycles. The zero-order valence-corrected chi connectivity index (χ0v) is 18.8. The van der Waals surface area contributed by atoms with Crippen LogP contribution in [-0.2, 0) is 13.5 Å². The third-order valence-electron chi connectivity index (χ3n) is 6.70. The van der Waals surface area contributed by atoms with Gasteiger partial charge in [0.15, 0.2) is 0 Å². The zero-order chi connectivity index (χ0) is 23.7. The number of carbonyl (C=O) groups excluding carboxylic acids is 1. The van der Waals surface area contributed by atoms with Crippen molar-refractivity contribution in [3.05, 3.63) is 77.5 Å². The number of imidazole rings is 1. The summed E-state index contributed by atoms with van der Waals surface area (Å²) in [4.78, 5) is 28.1. The molecule has 10 nitrogen and oxygen atoms in total. The van der Waals surface area contributed by atoms with E-state index in [4.69, 9.17) is 9.40 Å². The highest BCUT2D eigenvalue weighted by Gasteiger charge is 2.41. The topological polar surface area (TPSA) is 110 Å². The molecule has 2 aliphatic rings. The Morgan fingerprint density at radius 3 is 2.94 bits per heavy atom. The van der Waals surface area contributed by atoms with Crippen molar-refractivity contribution in [2.75, 3.05) is 6.54 Å². The maximum absolute atomic E-state index is 14.4. The number of fused-ring (bicyclic) bond motifs is 2. The second-order valence-corrected chi connectivity index (χ2v) is 9.08. The van der Waals surface area contributed by atoms with Gasteiger partial charge in [-0.05, 0) is 31.0 Å². The Kier molecular flexibility index (Phi) is 4.23. The number of aryl methyl sites for hydroxylation is 1. The Labute approximate surface area is 198 Å². The number of hydrogen-bond acceptors (Lipinski definition) is 6. The van der Waals surface area contributed by atoms with Crippen molar-refractivity contribution in [2.45, 2.75) is 31.2 Å². The van der Waals surface area contributed by atoms with E-state index in [0.29, 0.717) is 47.0 Å². The normalized spacial score (nSPS) is 17.8. The van der Waals surface area contributed by atoms with Crippen LogP contribution in [0.2, 0.25) is 0 Å². The summed E-state index contributed by atoms with van der Waals surface area (Å²) >= 11 is 0. The molecule has 1 fully saturated rings. The van der Waals surface area contributed by atoms with Gasteiger partial charge in [0.05, 0.1) is 35.2 Å². The molecule has 1 saturated carbocycles. The molecule has 0 radical (unpaired) electrons. The molecule has 1 aliphatic heterocycles. The van der Waals surface area contributed by atoms with Gasteiger partial charge < -0.3 is 14.3 Å². The molecule has 7 rings (SSSR count). The van der Waals surface area contributed by atoms with Crippen molar-refractivity contribution >= 4 is 11.4 Å². The van der Waals surface area contributed by atoms with Crippen LogP contribution in [0.4, 0.5) is 4.39 Å². The van der Waals surface area contributed by atoms with Crippen molar-refractivity contribution in [2.24, 2.45) is 7.05 Å². The maximum atomic E-state index is 14.4. The largest absolute Gasteiger partial charge is 0.430 e. The molecular formula is C24H21FN8O2. The summed E-state index contributed by atoms with van der Waals surface area (Å²) in [5.41, 5.74) is 3.92. The number of amides is 1. The Balaban J connectivity index is 1.33. The van der Waals surface area contributed by atoms with Crippen LogP contribution >= 0.6 is 0 Å². The van der Waals surface area contributed by atoms with E-state index in [-0.39, 0.29) is 23.4 Å². The second-order valence-electron chi connectivity index (χ2n) is 9.08. The molecule has 0 saturated heterocycles. The molecule has 5 aromatic rings. The first-order valence-electron chi connectivity index (χ1n) is 11.5. The van der Waals surface area contributed by atoms with Gasteiger partial charge >= 0.3 is 0 Å². The first-order valence-corrected chi connectivity index (χ1v) is 11.5. The van der Waals surface area contributed by atoms with E-state index in [2.05, 4.69) is 20.2 Å². The molecule has 6 heterocycles. The molecule has 1 amide bonds. The summed E-state index contributed by atoms with van der Waals surface area (Å²) in [6.45, 7) is 0.433. The van der Waals surface area contributed by atoms with Gasteiger partial charge in [0.1, 0.15) is 17.4 Å². The van der Waals surface area contributed by atoms with Crippen molar-refractivity contribution in [1.82, 2.24) is 39.2 Å². The van der Waals surface area contributed by atoms with Crippen LogP contribution in [0.15, 0.2) is 47.5 Å². The van der Waals surface area contributed by atoms with E-state index in [0.717, 1.165) is 18.5 Å². The van der Waals surface area contributed by atoms with Gasteiger partial charge in [-0.1, -0.05) is 0 Å². The van der Waals surface area contributed by atoms with Crippen LogP contribution in [0.5, 0.6) is 0 Å². The highest BCUT2D eigenvalue weighted by molar-refractivity contribution is 5.94. The third-order valence-corrected chi connectivity index (χ3v) is 6.70. The predicted molar refractivity (Wildman–Crippen MR) is 121 cm³/mol. The summed E-state index contributed by atoms with van der Waals surface area (Å²) in [6.07, 6.45) is 9.33. The number of nitrogens with one attached hydrogen (secondary N) is 1. The van der Waals surface area contributed by atoms with Crippen LogP contribution < -0.4 is 0 Å². The molecule has 0 bridgehead atoms. The number of hydrogen-bond donors (Lipinski definition) is 1. The van der Waals surface area contributed by atoms with Crippen LogP contribution in [0.1, 0.15) is 58.1 Å². The minimum Gasteiger partial charge on any atom is -0.430 e. The van der Waals surface area contributed by atoms with E-state index in [1.807, 2.05) is 13.2 Å². The lowest BCUT2D eigenvalue weighted by molar-refractivity contribution is 0.0653. The van der Waals surface area contributed by atoms with Crippen LogP contribution in [-0.4, -0.2) is 51.7 Å². The van der Waals surface area contributed by atoms with Gasteiger partial charge in [-0.25, -0.2) is 18.9 Å². The highest BCUT2D eigenvalue weighted by atomic mass is 19.1. The number of aromatic amines is 1. The van der Waals surface area contributed by atoms with Gasteiger partial charge in [0.25, 0.3) is 5.91 Å². The maximum Gasteiger partial charge on any atom is 0.292 e. The molecule has 0 spiro atoms. The summed E-state index contributed by atoms with van der Waals surface area (Å²) in [5.74, 6) is 0.175. The summed E-state index contributed by atoms with van der Waals surface area (Å²) in [7, 11) is 1.82. The average molecular weight is 472 g/mol. The molecule has 35 heavy (non-hydrogen) atoms. The Morgan fingerprint density at radius 2 is 2.17 bits per heavy atom. The summed E-state index contributed by atoms with van der Waals surface area (Å²) < 4.78 is 23.7. The standard InChI is InChI=1S/C24H21FN8O2/c1-31-11-14(10-28-31)23-29-19(13-4-5-13)22(35-23)24(34)32-8-6-16-20(27-12-26-16)21(32)17-9-18-15(25)3-2-7-33(18)30-17/h2-3,7,9-13,21H,4-6,8H2,1H3,(H,26,27)/t21-/m1/s1. The Hall–Kier alpha value is -4.28. The third kappa shape index (κ3) is 3.18. The van der Waals surface area contributed by atoms with Gasteiger partial charge in [0.2, 0.25) is 11.7 Å². The Bertz CT molecular complexity index is 1590. The van der Waals surface area contributed by atoms with Gasteiger partial charge in [-0.2, -0.15) is 10.2 Å². The van der Waals surface area contributed by atoms with Gasteiger partial charge in [0, 0.05) is 44.0 Å². The number of rotatable bonds is 4. The second kappa shape index (κ2) is 7.36. The minimum absolute atomic E-state index is 0.205. The lowest BCUT2D eigenvalue weighted by Crippen LogP contribution is -2.41. The van der Waals surface area contributed by atoms with E-state index in [1.165, 1.54) is 10.6 Å². The fourth-order valence-electron chi connectivity index (χ4n) is 4.83. The van der Waals surface area contributed by atoms with Crippen molar-refractivity contribution in [3.8, 4) is 11.5 Å². The molecule has 11 heteroatoms. The summed E-state index contributed by atoms with van der Waals surface area (Å²) in [5, 5.41) is 8.79. The van der Waals surface area contributed by atoms with Gasteiger partial charge in [-0.3, -0.25) is 9.48 Å². The number of aromatic nitrogens is 7. The quantitative estimate of drug-likeness (QED) is 0.430. The lowest BCUT2D eigenvalue weighted by Gasteiger charge is -2.33. The molecule has 1 atom stereocenters. The Morgan fingerprint density at radius 1 is 1.29 bits per heavy atom. The number of oxazole rings is 1. The SMILES string of the molecule is Cn1cc(-c2nc(C3CC3)c(C(=O)N3CCc4[nH]cnc4[C@H]3c3cc4c(F)cccn4n3)o2)cn1. The van der Waals surface area contributed by atoms with Crippen molar-refractivity contribution in [3.63, 3.8) is 0 Å². The molecule has 1 N–H and O–H groups in total. The van der Waals surface area contributed by atoms with Crippen LogP contribution in [0, 0.1) is 5.82 Å². The van der Waals surface area contributed by atoms with E-state index < -0.39 is 6.04 Å². The lowest BCUT2D eigenvalue weighted by atomic mass is 9.99. The first-order chi connectivity index (χ1) is 17.1. The number of halogens is 1. The van der Waals surface area contributed by atoms with E-state index in [9.17, 15) is 9.18 Å². The molecule has 176 valence electrons.